The molecule has 6 rings (SSSR count). The minimum Gasteiger partial charge on any atom is -0.392 e. The Bertz CT molecular complexity index is 1700. The number of amides is 1. The van der Waals surface area contributed by atoms with Gasteiger partial charge in [0, 0.05) is 41.1 Å². The Balaban J connectivity index is 1.22. The largest absolute Gasteiger partial charge is 0.392 e. The molecule has 2 heterocycles. The van der Waals surface area contributed by atoms with Crippen LogP contribution in [0.2, 0.25) is 0 Å². The van der Waals surface area contributed by atoms with E-state index in [1.54, 1.807) is 36.3 Å². The topological polar surface area (TPSA) is 80.7 Å². The van der Waals surface area contributed by atoms with Gasteiger partial charge < -0.3 is 19.9 Å². The molecule has 7 heteroatoms. The zero-order valence-corrected chi connectivity index (χ0v) is 25.9. The van der Waals surface area contributed by atoms with Crippen molar-refractivity contribution in [3.63, 3.8) is 0 Å². The van der Waals surface area contributed by atoms with Crippen LogP contribution < -0.4 is 5.32 Å². The Morgan fingerprint density at radius 2 is 1.60 bits per heavy atom. The van der Waals surface area contributed by atoms with Gasteiger partial charge in [-0.25, -0.2) is 0 Å². The molecule has 45 heavy (non-hydrogen) atoms. The molecule has 1 aliphatic rings. The number of benzene rings is 4. The van der Waals surface area contributed by atoms with Crippen molar-refractivity contribution in [2.75, 3.05) is 5.75 Å². The fourth-order valence-electron chi connectivity index (χ4n) is 5.51. The van der Waals surface area contributed by atoms with Crippen molar-refractivity contribution >= 4 is 17.7 Å². The molecule has 4 atom stereocenters. The van der Waals surface area contributed by atoms with Gasteiger partial charge in [-0.1, -0.05) is 85.8 Å². The number of nitrogens with one attached hydrogen (secondary N) is 1. The maximum absolute atomic E-state index is 12.5. The van der Waals surface area contributed by atoms with E-state index >= 15 is 0 Å². The number of hydrogen-bond acceptors (Lipinski definition) is 6. The lowest BCUT2D eigenvalue weighted by atomic mass is 9.91. The molecule has 0 spiro atoms. The van der Waals surface area contributed by atoms with Crippen LogP contribution in [0.5, 0.6) is 0 Å². The monoisotopic (exact) mass is 616 g/mol. The third kappa shape index (κ3) is 7.70. The molecule has 228 valence electrons. The summed E-state index contributed by atoms with van der Waals surface area (Å²) in [4.78, 5) is 17.8. The summed E-state index contributed by atoms with van der Waals surface area (Å²) in [6.45, 7) is 2.60. The predicted octanol–water partition coefficient (Wildman–Crippen LogP) is 7.75. The Morgan fingerprint density at radius 3 is 2.36 bits per heavy atom. The van der Waals surface area contributed by atoms with Crippen LogP contribution in [0, 0.1) is 5.92 Å². The van der Waals surface area contributed by atoms with Crippen molar-refractivity contribution in [3.8, 4) is 11.1 Å². The summed E-state index contributed by atoms with van der Waals surface area (Å²) in [5.74, 6) is 0.749. The number of aliphatic hydroxyl groups excluding tert-OH is 1. The van der Waals surface area contributed by atoms with Gasteiger partial charge in [-0.2, -0.15) is 0 Å². The van der Waals surface area contributed by atoms with E-state index in [9.17, 15) is 9.90 Å². The maximum Gasteiger partial charge on any atom is 0.253 e. The lowest BCUT2D eigenvalue weighted by Gasteiger charge is -2.41. The van der Waals surface area contributed by atoms with Crippen LogP contribution in [0.4, 0.5) is 0 Å². The molecule has 1 aliphatic heterocycles. The van der Waals surface area contributed by atoms with Gasteiger partial charge in [-0.3, -0.25) is 9.78 Å². The summed E-state index contributed by atoms with van der Waals surface area (Å²) in [5, 5.41) is 12.5. The molecule has 1 aromatic heterocycles. The average molecular weight is 617 g/mol. The highest BCUT2D eigenvalue weighted by molar-refractivity contribution is 7.99. The van der Waals surface area contributed by atoms with E-state index in [1.165, 1.54) is 4.90 Å². The van der Waals surface area contributed by atoms with Gasteiger partial charge >= 0.3 is 0 Å². The smallest absolute Gasteiger partial charge is 0.253 e. The zero-order chi connectivity index (χ0) is 31.0. The first-order valence-electron chi connectivity index (χ1n) is 15.1. The molecule has 0 bridgehead atoms. The predicted molar refractivity (Wildman–Crippen MR) is 177 cm³/mol. The molecule has 0 saturated carbocycles. The van der Waals surface area contributed by atoms with Crippen molar-refractivity contribution < 1.29 is 19.4 Å². The van der Waals surface area contributed by atoms with Gasteiger partial charge in [0.15, 0.2) is 6.29 Å². The molecule has 0 radical (unpaired) electrons. The molecule has 1 fully saturated rings. The lowest BCUT2D eigenvalue weighted by molar-refractivity contribution is -0.268. The zero-order valence-electron chi connectivity index (χ0n) is 25.1. The summed E-state index contributed by atoms with van der Waals surface area (Å²) in [5.41, 5.74) is 6.50. The number of hydrogen-bond donors (Lipinski definition) is 2. The quantitative estimate of drug-likeness (QED) is 0.156. The molecule has 4 aromatic carbocycles. The maximum atomic E-state index is 12.5. The van der Waals surface area contributed by atoms with Crippen LogP contribution in [0.15, 0.2) is 133 Å². The fourth-order valence-corrected chi connectivity index (χ4v) is 6.60. The molecule has 6 nitrogen and oxygen atoms in total. The number of thioether (sulfide) groups is 1. The summed E-state index contributed by atoms with van der Waals surface area (Å²) in [6.07, 6.45) is 2.44. The minimum absolute atomic E-state index is 0.00824. The number of rotatable bonds is 10. The second-order valence-electron chi connectivity index (χ2n) is 11.2. The van der Waals surface area contributed by atoms with Crippen molar-refractivity contribution in [1.29, 1.82) is 0 Å². The van der Waals surface area contributed by atoms with Crippen LogP contribution in [0.1, 0.15) is 51.9 Å². The van der Waals surface area contributed by atoms with E-state index in [4.69, 9.17) is 9.47 Å². The van der Waals surface area contributed by atoms with Gasteiger partial charge in [-0.15, -0.1) is 11.8 Å². The SMILES string of the molecule is C[C@@H]1[C@H](CSc2ccccc2)O[C@H](c2cccc(-c3cccc(CNC(=O)c4cccnc4)c3)c2)O[C@@H]1c1ccc(CO)cc1. The highest BCUT2D eigenvalue weighted by Crippen LogP contribution is 2.43. The van der Waals surface area contributed by atoms with Crippen molar-refractivity contribution in [1.82, 2.24) is 10.3 Å². The van der Waals surface area contributed by atoms with Crippen molar-refractivity contribution in [3.05, 3.63) is 155 Å². The summed E-state index contributed by atoms with van der Waals surface area (Å²) < 4.78 is 13.4. The van der Waals surface area contributed by atoms with Gasteiger partial charge in [0.05, 0.1) is 24.4 Å². The lowest BCUT2D eigenvalue weighted by Crippen LogP contribution is -2.38. The average Bonchev–Trinajstić information content (AvgIpc) is 3.11. The minimum atomic E-state index is -0.549. The normalized spacial score (nSPS) is 19.6. The number of nitrogens with zero attached hydrogens (tertiary/aromatic N) is 1. The third-order valence-electron chi connectivity index (χ3n) is 8.08. The fraction of sp³-hybridized carbons (Fsp3) is 0.211. The Labute approximate surface area is 268 Å². The molecule has 0 aliphatic carbocycles. The number of pyridine rings is 1. The van der Waals surface area contributed by atoms with Crippen LogP contribution in [0.25, 0.3) is 11.1 Å². The number of ether oxygens (including phenoxy) is 2. The molecular weight excluding hydrogens is 580 g/mol. The highest BCUT2D eigenvalue weighted by Gasteiger charge is 2.38. The van der Waals surface area contributed by atoms with E-state index in [0.29, 0.717) is 12.1 Å². The summed E-state index contributed by atoms with van der Waals surface area (Å²) in [7, 11) is 0. The Kier molecular flexibility index (Phi) is 10.0. The van der Waals surface area contributed by atoms with Gasteiger partial charge in [0.2, 0.25) is 0 Å². The summed E-state index contributed by atoms with van der Waals surface area (Å²) in [6, 6.07) is 38.4. The van der Waals surface area contributed by atoms with Crippen LogP contribution >= 0.6 is 11.8 Å². The van der Waals surface area contributed by atoms with E-state index in [1.807, 2.05) is 48.5 Å². The van der Waals surface area contributed by atoms with Crippen molar-refractivity contribution in [2.45, 2.75) is 43.5 Å². The standard InChI is InChI=1S/C38H36N2O4S/c1-26-35(25-45-34-13-3-2-4-14-34)43-38(44-36(26)29-17-15-27(24-41)16-18-29)32-11-6-10-31(21-32)30-9-5-8-28(20-30)22-40-37(42)33-12-7-19-39-23-33/h2-21,23,26,35-36,38,41H,22,24-25H2,1H3,(H,40,42)/t26-,35+,36+,38+/m1/s1. The molecule has 1 saturated heterocycles. The number of carbonyl (C=O) groups is 1. The van der Waals surface area contributed by atoms with Crippen molar-refractivity contribution in [2.24, 2.45) is 5.92 Å². The Morgan fingerprint density at radius 1 is 0.822 bits per heavy atom. The van der Waals surface area contributed by atoms with Gasteiger partial charge in [-0.05, 0) is 64.2 Å². The first-order valence-corrected chi connectivity index (χ1v) is 16.1. The van der Waals surface area contributed by atoms with Gasteiger partial charge in [0.25, 0.3) is 5.91 Å². The number of aromatic nitrogens is 1. The van der Waals surface area contributed by atoms with Crippen LogP contribution in [0.3, 0.4) is 0 Å². The molecule has 5 aromatic rings. The number of carbonyl (C=O) groups excluding carboxylic acids is 1. The first-order chi connectivity index (χ1) is 22.1. The van der Waals surface area contributed by atoms with Crippen LogP contribution in [-0.4, -0.2) is 27.9 Å². The molecule has 1 amide bonds. The third-order valence-corrected chi connectivity index (χ3v) is 9.18. The van der Waals surface area contributed by atoms with E-state index in [0.717, 1.165) is 39.1 Å². The molecule has 2 N–H and O–H groups in total. The summed E-state index contributed by atoms with van der Waals surface area (Å²) >= 11 is 1.79. The van der Waals surface area contributed by atoms with E-state index < -0.39 is 6.29 Å². The molecular formula is C38H36N2O4S. The van der Waals surface area contributed by atoms with Crippen LogP contribution in [-0.2, 0) is 22.6 Å². The first kappa shape index (κ1) is 30.7. The van der Waals surface area contributed by atoms with Gasteiger partial charge in [0.1, 0.15) is 0 Å². The molecule has 0 unspecified atom stereocenters. The van der Waals surface area contributed by atoms with E-state index in [-0.39, 0.29) is 30.6 Å². The second-order valence-corrected chi connectivity index (χ2v) is 12.3. The number of aliphatic hydroxyl groups is 1. The second kappa shape index (κ2) is 14.7. The highest BCUT2D eigenvalue weighted by atomic mass is 32.2. The Hall–Kier alpha value is -4.27. The van der Waals surface area contributed by atoms with E-state index in [2.05, 4.69) is 71.8 Å².